The zero-order valence-corrected chi connectivity index (χ0v) is 23.0. The maximum Gasteiger partial charge on any atom is 0.573 e. The molecule has 1 heterocycles. The van der Waals surface area contributed by atoms with Gasteiger partial charge >= 0.3 is 12.7 Å². The Labute approximate surface area is 226 Å². The summed E-state index contributed by atoms with van der Waals surface area (Å²) in [6.45, 7) is 2.69. The monoisotopic (exact) mass is 617 g/mol. The SMILES string of the molecule is CC(C)(C1CCN(C(=O)c2ccc(S(C)(=O)=O)cc2OC(F)(F)F)CC1)S(=O)(=O)c1cccc(OC(F)(F)F)c1. The van der Waals surface area contributed by atoms with Crippen LogP contribution < -0.4 is 9.47 Å². The summed E-state index contributed by atoms with van der Waals surface area (Å²) in [7, 11) is -8.12. The summed E-state index contributed by atoms with van der Waals surface area (Å²) in [6, 6.07) is 6.48. The minimum atomic E-state index is -5.21. The van der Waals surface area contributed by atoms with Crippen LogP contribution in [0.15, 0.2) is 52.3 Å². The van der Waals surface area contributed by atoms with Crippen molar-refractivity contribution in [3.63, 3.8) is 0 Å². The van der Waals surface area contributed by atoms with Crippen molar-refractivity contribution in [2.24, 2.45) is 5.92 Å². The molecule has 0 atom stereocenters. The number of nitrogens with zero attached hydrogens (tertiary/aromatic N) is 1. The number of amides is 1. The van der Waals surface area contributed by atoms with Crippen LogP contribution in [0.2, 0.25) is 0 Å². The fourth-order valence-corrected chi connectivity index (χ4v) is 6.88. The number of rotatable bonds is 7. The Hall–Kier alpha value is -3.01. The Kier molecular flexibility index (Phi) is 8.48. The zero-order chi connectivity index (χ0) is 30.3. The molecule has 0 aliphatic carbocycles. The number of carbonyl (C=O) groups is 1. The maximum absolute atomic E-state index is 13.4. The Balaban J connectivity index is 1.81. The van der Waals surface area contributed by atoms with Gasteiger partial charge in [-0.05, 0) is 69.0 Å². The van der Waals surface area contributed by atoms with Gasteiger partial charge in [0.1, 0.15) is 11.5 Å². The normalized spacial score (nSPS) is 16.1. The molecule has 2 aromatic carbocycles. The van der Waals surface area contributed by atoms with E-state index in [0.717, 1.165) is 42.7 Å². The van der Waals surface area contributed by atoms with Crippen molar-refractivity contribution in [2.45, 2.75) is 54.0 Å². The fourth-order valence-electron chi connectivity index (χ4n) is 4.43. The van der Waals surface area contributed by atoms with Crippen LogP contribution in [0, 0.1) is 5.92 Å². The number of ether oxygens (including phenoxy) is 2. The van der Waals surface area contributed by atoms with Crippen LogP contribution in [0.3, 0.4) is 0 Å². The van der Waals surface area contributed by atoms with Gasteiger partial charge in [0.2, 0.25) is 0 Å². The number of carbonyl (C=O) groups excluding carboxylic acids is 1. The van der Waals surface area contributed by atoms with Crippen molar-refractivity contribution >= 4 is 25.6 Å². The van der Waals surface area contributed by atoms with Crippen LogP contribution in [0.1, 0.15) is 37.0 Å². The summed E-state index contributed by atoms with van der Waals surface area (Å²) in [4.78, 5) is 13.4. The molecule has 1 amide bonds. The van der Waals surface area contributed by atoms with Crippen LogP contribution in [0.5, 0.6) is 11.5 Å². The number of alkyl halides is 6. The molecule has 2 aromatic rings. The Morgan fingerprint density at radius 3 is 1.95 bits per heavy atom. The van der Waals surface area contributed by atoms with Crippen molar-refractivity contribution in [1.29, 1.82) is 0 Å². The summed E-state index contributed by atoms with van der Waals surface area (Å²) in [5.41, 5.74) is -0.531. The molecule has 0 aromatic heterocycles. The number of benzene rings is 2. The van der Waals surface area contributed by atoms with Crippen molar-refractivity contribution < 1.29 is 57.4 Å². The van der Waals surface area contributed by atoms with E-state index in [2.05, 4.69) is 9.47 Å². The van der Waals surface area contributed by atoms with E-state index in [1.54, 1.807) is 0 Å². The quantitative estimate of drug-likeness (QED) is 0.403. The van der Waals surface area contributed by atoms with Crippen LogP contribution in [-0.2, 0) is 19.7 Å². The lowest BCUT2D eigenvalue weighted by Gasteiger charge is -2.40. The molecule has 40 heavy (non-hydrogen) atoms. The molecule has 1 aliphatic heterocycles. The molecule has 0 unspecified atom stereocenters. The summed E-state index contributed by atoms with van der Waals surface area (Å²) in [5.74, 6) is -3.15. The van der Waals surface area contributed by atoms with Gasteiger partial charge in [0.15, 0.2) is 19.7 Å². The van der Waals surface area contributed by atoms with Crippen LogP contribution >= 0.6 is 0 Å². The second-order valence-electron chi connectivity index (χ2n) is 9.67. The topological polar surface area (TPSA) is 107 Å². The maximum atomic E-state index is 13.4. The van der Waals surface area contributed by atoms with Gasteiger partial charge in [-0.1, -0.05) is 6.07 Å². The number of piperidine rings is 1. The van der Waals surface area contributed by atoms with E-state index in [4.69, 9.17) is 0 Å². The minimum Gasteiger partial charge on any atom is -0.406 e. The van der Waals surface area contributed by atoms with E-state index in [0.29, 0.717) is 6.07 Å². The highest BCUT2D eigenvalue weighted by atomic mass is 32.2. The smallest absolute Gasteiger partial charge is 0.406 e. The first kappa shape index (κ1) is 31.5. The lowest BCUT2D eigenvalue weighted by Crippen LogP contribution is -2.47. The van der Waals surface area contributed by atoms with E-state index in [-0.39, 0.29) is 25.9 Å². The van der Waals surface area contributed by atoms with Crippen molar-refractivity contribution in [1.82, 2.24) is 4.90 Å². The average Bonchev–Trinajstić information content (AvgIpc) is 2.81. The van der Waals surface area contributed by atoms with Gasteiger partial charge in [-0.2, -0.15) is 0 Å². The number of hydrogen-bond donors (Lipinski definition) is 0. The zero-order valence-electron chi connectivity index (χ0n) is 21.3. The molecule has 1 fully saturated rings. The summed E-state index contributed by atoms with van der Waals surface area (Å²) >= 11 is 0. The average molecular weight is 618 g/mol. The molecule has 1 saturated heterocycles. The predicted molar refractivity (Wildman–Crippen MR) is 129 cm³/mol. The van der Waals surface area contributed by atoms with Crippen molar-refractivity contribution in [3.8, 4) is 11.5 Å². The standard InChI is InChI=1S/C24H25F6NO7S2/c1-22(2,40(35,36)18-6-4-5-16(13-18)37-23(25,26)27)15-9-11-31(12-10-15)21(32)19-8-7-17(39(3,33)34)14-20(19)38-24(28,29)30/h4-8,13-15H,9-12H2,1-3H3. The van der Waals surface area contributed by atoms with Crippen molar-refractivity contribution in [2.75, 3.05) is 19.3 Å². The van der Waals surface area contributed by atoms with E-state index in [9.17, 15) is 48.0 Å². The molecule has 0 spiro atoms. The van der Waals surface area contributed by atoms with Gasteiger partial charge in [-0.3, -0.25) is 4.79 Å². The van der Waals surface area contributed by atoms with Gasteiger partial charge in [0.25, 0.3) is 5.91 Å². The van der Waals surface area contributed by atoms with Gasteiger partial charge in [-0.25, -0.2) is 16.8 Å². The Morgan fingerprint density at radius 2 is 1.43 bits per heavy atom. The highest BCUT2D eigenvalue weighted by Gasteiger charge is 2.45. The van der Waals surface area contributed by atoms with E-state index in [1.165, 1.54) is 18.7 Å². The summed E-state index contributed by atoms with van der Waals surface area (Å²) < 4.78 is 133. The molecule has 1 aliphatic rings. The van der Waals surface area contributed by atoms with Crippen LogP contribution in [0.25, 0.3) is 0 Å². The van der Waals surface area contributed by atoms with E-state index >= 15 is 0 Å². The molecular formula is C24H25F6NO7S2. The van der Waals surface area contributed by atoms with E-state index in [1.807, 2.05) is 0 Å². The second-order valence-corrected chi connectivity index (χ2v) is 14.2. The first-order chi connectivity index (χ1) is 18.1. The molecular weight excluding hydrogens is 592 g/mol. The number of hydrogen-bond acceptors (Lipinski definition) is 7. The number of likely N-dealkylation sites (tertiary alicyclic amines) is 1. The minimum absolute atomic E-state index is 0.0566. The lowest BCUT2D eigenvalue weighted by atomic mass is 9.85. The molecule has 0 radical (unpaired) electrons. The molecule has 0 N–H and O–H groups in total. The molecule has 0 saturated carbocycles. The molecule has 8 nitrogen and oxygen atoms in total. The lowest BCUT2D eigenvalue weighted by molar-refractivity contribution is -0.275. The first-order valence-corrected chi connectivity index (χ1v) is 15.0. The van der Waals surface area contributed by atoms with Gasteiger partial charge in [0, 0.05) is 19.3 Å². The van der Waals surface area contributed by atoms with Crippen LogP contribution in [0.4, 0.5) is 26.3 Å². The van der Waals surface area contributed by atoms with Gasteiger partial charge in [-0.15, -0.1) is 26.3 Å². The van der Waals surface area contributed by atoms with Crippen molar-refractivity contribution in [3.05, 3.63) is 48.0 Å². The summed E-state index contributed by atoms with van der Waals surface area (Å²) in [5, 5.41) is 0. The highest BCUT2D eigenvalue weighted by molar-refractivity contribution is 7.92. The largest absolute Gasteiger partial charge is 0.573 e. The molecule has 3 rings (SSSR count). The van der Waals surface area contributed by atoms with Gasteiger partial charge < -0.3 is 14.4 Å². The third-order valence-corrected chi connectivity index (χ3v) is 10.3. The highest BCUT2D eigenvalue weighted by Crippen LogP contribution is 2.40. The molecule has 0 bridgehead atoms. The molecule has 222 valence electrons. The predicted octanol–water partition coefficient (Wildman–Crippen LogP) is 4.99. The van der Waals surface area contributed by atoms with Crippen LogP contribution in [-0.4, -0.2) is 64.5 Å². The molecule has 16 heteroatoms. The third-order valence-electron chi connectivity index (χ3n) is 6.64. The second kappa shape index (κ2) is 10.8. The number of sulfone groups is 2. The summed E-state index contributed by atoms with van der Waals surface area (Å²) in [6.07, 6.45) is -9.24. The fraction of sp³-hybridized carbons (Fsp3) is 0.458. The van der Waals surface area contributed by atoms with E-state index < -0.39 is 75.8 Å². The Bertz CT molecular complexity index is 1480. The Morgan fingerprint density at radius 1 is 0.850 bits per heavy atom. The third kappa shape index (κ3) is 7.19. The van der Waals surface area contributed by atoms with Gasteiger partial charge in [0.05, 0.1) is 20.1 Å². The number of halogens is 6. The first-order valence-electron chi connectivity index (χ1n) is 11.6.